The number of ether oxygens (including phenoxy) is 3. The summed E-state index contributed by atoms with van der Waals surface area (Å²) in [5, 5.41) is 0. The van der Waals surface area contributed by atoms with Crippen LogP contribution in [0.2, 0.25) is 0 Å². The lowest BCUT2D eigenvalue weighted by Gasteiger charge is -2.48. The van der Waals surface area contributed by atoms with Crippen molar-refractivity contribution >= 4 is 0 Å². The molecule has 1 aliphatic heterocycles. The summed E-state index contributed by atoms with van der Waals surface area (Å²) in [5.74, 6) is -0.421. The lowest BCUT2D eigenvalue weighted by Crippen LogP contribution is -2.49. The van der Waals surface area contributed by atoms with Gasteiger partial charge in [-0.3, -0.25) is 0 Å². The molecule has 0 radical (unpaired) electrons. The summed E-state index contributed by atoms with van der Waals surface area (Å²) in [6.07, 6.45) is 10.2. The van der Waals surface area contributed by atoms with Gasteiger partial charge in [0.05, 0.1) is 25.4 Å². The van der Waals surface area contributed by atoms with Gasteiger partial charge in [0.15, 0.2) is 5.79 Å². The zero-order chi connectivity index (χ0) is 22.0. The second-order valence-corrected chi connectivity index (χ2v) is 10.1. The van der Waals surface area contributed by atoms with Crippen LogP contribution in [0.1, 0.15) is 98.5 Å². The molecular weight excluding hydrogens is 372 g/mol. The van der Waals surface area contributed by atoms with Gasteiger partial charge in [0, 0.05) is 16.9 Å². The molecule has 1 aromatic carbocycles. The first-order chi connectivity index (χ1) is 14.3. The Labute approximate surface area is 185 Å². The molecule has 0 saturated carbocycles. The Morgan fingerprint density at radius 1 is 0.900 bits per heavy atom. The lowest BCUT2D eigenvalue weighted by atomic mass is 9.73. The molecular formula is C27H46O3. The van der Waals surface area contributed by atoms with E-state index >= 15 is 0 Å². The van der Waals surface area contributed by atoms with Crippen molar-refractivity contribution in [1.82, 2.24) is 0 Å². The summed E-state index contributed by atoms with van der Waals surface area (Å²) < 4.78 is 19.1. The van der Waals surface area contributed by atoms with Gasteiger partial charge in [-0.05, 0) is 40.5 Å². The summed E-state index contributed by atoms with van der Waals surface area (Å²) in [6, 6.07) is 10.6. The Bertz CT molecular complexity index is 567. The van der Waals surface area contributed by atoms with Gasteiger partial charge in [-0.25, -0.2) is 0 Å². The van der Waals surface area contributed by atoms with Crippen LogP contribution in [0.5, 0.6) is 0 Å². The predicted molar refractivity (Wildman–Crippen MR) is 126 cm³/mol. The molecule has 1 aromatic rings. The minimum absolute atomic E-state index is 0.0847. The van der Waals surface area contributed by atoms with E-state index in [4.69, 9.17) is 14.2 Å². The fourth-order valence-electron chi connectivity index (χ4n) is 4.72. The van der Waals surface area contributed by atoms with Crippen LogP contribution in [0.4, 0.5) is 0 Å². The molecule has 0 amide bonds. The van der Waals surface area contributed by atoms with Gasteiger partial charge in [-0.15, -0.1) is 0 Å². The van der Waals surface area contributed by atoms with Crippen molar-refractivity contribution in [3.63, 3.8) is 0 Å². The second kappa shape index (κ2) is 12.2. The quantitative estimate of drug-likeness (QED) is 0.218. The number of hydrogen-bond donors (Lipinski definition) is 0. The highest BCUT2D eigenvalue weighted by atomic mass is 16.7. The summed E-state index contributed by atoms with van der Waals surface area (Å²) in [4.78, 5) is 0. The Hall–Kier alpha value is -0.900. The normalized spacial score (nSPS) is 17.3. The number of unbranched alkanes of at least 4 members (excludes halogenated alkanes) is 5. The van der Waals surface area contributed by atoms with Gasteiger partial charge in [0.25, 0.3) is 0 Å². The van der Waals surface area contributed by atoms with E-state index in [9.17, 15) is 0 Å². The molecule has 0 spiro atoms. The van der Waals surface area contributed by atoms with Crippen LogP contribution in [0.15, 0.2) is 30.3 Å². The van der Waals surface area contributed by atoms with Gasteiger partial charge >= 0.3 is 0 Å². The topological polar surface area (TPSA) is 27.7 Å². The van der Waals surface area contributed by atoms with Crippen molar-refractivity contribution in [3.8, 4) is 0 Å². The van der Waals surface area contributed by atoms with E-state index in [2.05, 4.69) is 71.9 Å². The van der Waals surface area contributed by atoms with Gasteiger partial charge < -0.3 is 14.2 Å². The second-order valence-electron chi connectivity index (χ2n) is 10.1. The molecule has 2 rings (SSSR count). The maximum atomic E-state index is 6.74. The Balaban J connectivity index is 2.31. The average Bonchev–Trinajstić information content (AvgIpc) is 2.67. The molecule has 172 valence electrons. The van der Waals surface area contributed by atoms with E-state index in [0.29, 0.717) is 5.92 Å². The largest absolute Gasteiger partial charge is 0.380 e. The van der Waals surface area contributed by atoms with E-state index in [1.165, 1.54) is 38.5 Å². The first-order valence-electron chi connectivity index (χ1n) is 12.3. The van der Waals surface area contributed by atoms with Crippen LogP contribution in [-0.4, -0.2) is 25.4 Å². The van der Waals surface area contributed by atoms with Crippen LogP contribution in [0, 0.1) is 11.3 Å². The third-order valence-electron chi connectivity index (χ3n) is 6.08. The van der Waals surface area contributed by atoms with Crippen molar-refractivity contribution in [1.29, 1.82) is 0 Å². The SMILES string of the molecule is CCCCCCCCC(CC1(C)COC1)C(OC(C)C)(OC(C)C)c1ccccc1. The van der Waals surface area contributed by atoms with Gasteiger partial charge in [0.2, 0.25) is 0 Å². The minimum Gasteiger partial charge on any atom is -0.380 e. The zero-order valence-electron chi connectivity index (χ0n) is 20.4. The summed E-state index contributed by atoms with van der Waals surface area (Å²) in [5.41, 5.74) is 1.36. The van der Waals surface area contributed by atoms with E-state index in [1.807, 2.05) is 0 Å². The standard InChI is InChI=1S/C27H46O3/c1-7-8-9-10-11-13-18-25(19-26(6)20-28-21-26)27(29-22(2)3,30-23(4)5)24-16-14-12-15-17-24/h12,14-17,22-23,25H,7-11,13,18-21H2,1-6H3. The first-order valence-corrected chi connectivity index (χ1v) is 12.3. The Morgan fingerprint density at radius 3 is 1.97 bits per heavy atom. The van der Waals surface area contributed by atoms with Gasteiger partial charge in [0.1, 0.15) is 0 Å². The summed E-state index contributed by atoms with van der Waals surface area (Å²) >= 11 is 0. The van der Waals surface area contributed by atoms with Crippen LogP contribution < -0.4 is 0 Å². The van der Waals surface area contributed by atoms with Crippen molar-refractivity contribution in [2.75, 3.05) is 13.2 Å². The third kappa shape index (κ3) is 7.35. The molecule has 1 fully saturated rings. The molecule has 0 bridgehead atoms. The molecule has 1 saturated heterocycles. The Kier molecular flexibility index (Phi) is 10.3. The Morgan fingerprint density at radius 2 is 1.47 bits per heavy atom. The maximum absolute atomic E-state index is 6.74. The third-order valence-corrected chi connectivity index (χ3v) is 6.08. The average molecular weight is 419 g/mol. The van der Waals surface area contributed by atoms with E-state index in [1.54, 1.807) is 0 Å². The van der Waals surface area contributed by atoms with Crippen molar-refractivity contribution in [2.24, 2.45) is 11.3 Å². The molecule has 30 heavy (non-hydrogen) atoms. The van der Waals surface area contributed by atoms with Crippen LogP contribution in [0.25, 0.3) is 0 Å². The lowest BCUT2D eigenvalue weighted by molar-refractivity contribution is -0.315. The molecule has 3 heteroatoms. The van der Waals surface area contributed by atoms with E-state index < -0.39 is 5.79 Å². The highest BCUT2D eigenvalue weighted by Gasteiger charge is 2.48. The minimum atomic E-state index is -0.717. The van der Waals surface area contributed by atoms with Gasteiger partial charge in [-0.1, -0.05) is 82.7 Å². The molecule has 1 aliphatic rings. The van der Waals surface area contributed by atoms with E-state index in [-0.39, 0.29) is 17.6 Å². The fourth-order valence-corrected chi connectivity index (χ4v) is 4.72. The monoisotopic (exact) mass is 418 g/mol. The van der Waals surface area contributed by atoms with Crippen molar-refractivity contribution < 1.29 is 14.2 Å². The predicted octanol–water partition coefficient (Wildman–Crippen LogP) is 7.48. The van der Waals surface area contributed by atoms with Crippen LogP contribution in [-0.2, 0) is 20.0 Å². The number of rotatable bonds is 15. The molecule has 1 heterocycles. The van der Waals surface area contributed by atoms with Crippen LogP contribution in [0.3, 0.4) is 0 Å². The van der Waals surface area contributed by atoms with Crippen LogP contribution >= 0.6 is 0 Å². The molecule has 1 atom stereocenters. The molecule has 0 aromatic heterocycles. The van der Waals surface area contributed by atoms with Gasteiger partial charge in [-0.2, -0.15) is 0 Å². The molecule has 0 N–H and O–H groups in total. The smallest absolute Gasteiger partial charge is 0.198 e. The highest BCUT2D eigenvalue weighted by molar-refractivity contribution is 5.22. The molecule has 1 unspecified atom stereocenters. The first kappa shape index (κ1) is 25.4. The molecule has 0 aliphatic carbocycles. The van der Waals surface area contributed by atoms with Crippen molar-refractivity contribution in [3.05, 3.63) is 35.9 Å². The number of benzene rings is 1. The summed E-state index contributed by atoms with van der Waals surface area (Å²) in [7, 11) is 0. The van der Waals surface area contributed by atoms with E-state index in [0.717, 1.165) is 31.6 Å². The number of hydrogen-bond acceptors (Lipinski definition) is 3. The van der Waals surface area contributed by atoms with Crippen molar-refractivity contribution in [2.45, 2.75) is 111 Å². The maximum Gasteiger partial charge on any atom is 0.198 e. The molecule has 3 nitrogen and oxygen atoms in total. The summed E-state index contributed by atoms with van der Waals surface area (Å²) in [6.45, 7) is 14.8. The zero-order valence-corrected chi connectivity index (χ0v) is 20.4. The fraction of sp³-hybridized carbons (Fsp3) is 0.778. The highest BCUT2D eigenvalue weighted by Crippen LogP contribution is 2.47.